The lowest BCUT2D eigenvalue weighted by Crippen LogP contribution is -1.90. The van der Waals surface area contributed by atoms with Gasteiger partial charge in [-0.05, 0) is 18.9 Å². The van der Waals surface area contributed by atoms with Gasteiger partial charge >= 0.3 is 0 Å². The maximum Gasteiger partial charge on any atom is 0.0636 e. The predicted octanol–water partition coefficient (Wildman–Crippen LogP) is 3.23. The second kappa shape index (κ2) is 5.06. The van der Waals surface area contributed by atoms with E-state index >= 15 is 0 Å². The van der Waals surface area contributed by atoms with Gasteiger partial charge in [-0.1, -0.05) is 23.2 Å². The molecule has 2 nitrogen and oxygen atoms in total. The molecule has 0 saturated carbocycles. The molecule has 0 amide bonds. The second-order valence-electron chi connectivity index (χ2n) is 2.59. The van der Waals surface area contributed by atoms with Gasteiger partial charge in [-0.2, -0.15) is 5.26 Å². The molecular formula is C9H8Cl2N2. The van der Waals surface area contributed by atoms with E-state index in [9.17, 15) is 0 Å². The number of rotatable bonds is 3. The van der Waals surface area contributed by atoms with Crippen LogP contribution < -0.4 is 0 Å². The first-order valence-corrected chi connectivity index (χ1v) is 4.66. The van der Waals surface area contributed by atoms with Crippen LogP contribution in [0.3, 0.4) is 0 Å². The Morgan fingerprint density at radius 3 is 2.85 bits per heavy atom. The van der Waals surface area contributed by atoms with Crippen LogP contribution in [0.4, 0.5) is 0 Å². The number of hydrogen-bond donors (Lipinski definition) is 0. The van der Waals surface area contributed by atoms with Gasteiger partial charge in [0, 0.05) is 12.6 Å². The van der Waals surface area contributed by atoms with Gasteiger partial charge in [0.25, 0.3) is 0 Å². The van der Waals surface area contributed by atoms with Crippen molar-refractivity contribution >= 4 is 23.2 Å². The van der Waals surface area contributed by atoms with Crippen molar-refractivity contribution in [1.82, 2.24) is 4.98 Å². The van der Waals surface area contributed by atoms with Crippen LogP contribution in [-0.2, 0) is 6.42 Å². The van der Waals surface area contributed by atoms with Crippen molar-refractivity contribution in [2.24, 2.45) is 0 Å². The van der Waals surface area contributed by atoms with Gasteiger partial charge in [0.1, 0.15) is 0 Å². The first kappa shape index (κ1) is 10.3. The van der Waals surface area contributed by atoms with Crippen molar-refractivity contribution in [1.29, 1.82) is 5.26 Å². The van der Waals surface area contributed by atoms with Gasteiger partial charge in [0.15, 0.2) is 0 Å². The molecule has 1 aromatic rings. The number of aromatic nitrogens is 1. The Kier molecular flexibility index (Phi) is 4.01. The molecule has 0 N–H and O–H groups in total. The molecule has 0 spiro atoms. The normalized spacial score (nSPS) is 9.62. The van der Waals surface area contributed by atoms with Crippen LogP contribution in [0.1, 0.15) is 18.5 Å². The maximum absolute atomic E-state index is 8.33. The van der Waals surface area contributed by atoms with E-state index in [1.54, 1.807) is 12.3 Å². The topological polar surface area (TPSA) is 36.7 Å². The molecule has 0 aliphatic heterocycles. The van der Waals surface area contributed by atoms with Crippen molar-refractivity contribution in [2.45, 2.75) is 19.3 Å². The minimum absolute atomic E-state index is 0.528. The molecule has 1 heterocycles. The summed E-state index contributed by atoms with van der Waals surface area (Å²) >= 11 is 11.6. The maximum atomic E-state index is 8.33. The molecule has 0 radical (unpaired) electrons. The van der Waals surface area contributed by atoms with Gasteiger partial charge in [-0.3, -0.25) is 4.98 Å². The van der Waals surface area contributed by atoms with E-state index in [1.165, 1.54) is 0 Å². The fourth-order valence-electron chi connectivity index (χ4n) is 0.962. The Hall–Kier alpha value is -0.780. The quantitative estimate of drug-likeness (QED) is 0.725. The predicted molar refractivity (Wildman–Crippen MR) is 52.8 cm³/mol. The number of halogens is 2. The summed E-state index contributed by atoms with van der Waals surface area (Å²) in [5.74, 6) is 0. The zero-order valence-corrected chi connectivity index (χ0v) is 8.44. The summed E-state index contributed by atoms with van der Waals surface area (Å²) < 4.78 is 0. The average molecular weight is 215 g/mol. The first-order valence-electron chi connectivity index (χ1n) is 3.91. The molecule has 13 heavy (non-hydrogen) atoms. The van der Waals surface area contributed by atoms with Gasteiger partial charge in [0.05, 0.1) is 21.8 Å². The second-order valence-corrected chi connectivity index (χ2v) is 3.44. The summed E-state index contributed by atoms with van der Waals surface area (Å²) in [5, 5.41) is 9.44. The third-order valence-corrected chi connectivity index (χ3v) is 2.12. The van der Waals surface area contributed by atoms with E-state index < -0.39 is 0 Å². The lowest BCUT2D eigenvalue weighted by molar-refractivity contribution is 0.825. The van der Waals surface area contributed by atoms with Crippen LogP contribution in [0.15, 0.2) is 12.3 Å². The third-order valence-electron chi connectivity index (χ3n) is 1.59. The molecule has 0 bridgehead atoms. The van der Waals surface area contributed by atoms with Crippen LogP contribution >= 0.6 is 23.2 Å². The highest BCUT2D eigenvalue weighted by Crippen LogP contribution is 2.19. The number of nitrogens with zero attached hydrogens (tertiary/aromatic N) is 2. The molecule has 0 aliphatic rings. The van der Waals surface area contributed by atoms with Crippen molar-refractivity contribution in [3.05, 3.63) is 28.0 Å². The van der Waals surface area contributed by atoms with Crippen molar-refractivity contribution in [3.63, 3.8) is 0 Å². The summed E-state index contributed by atoms with van der Waals surface area (Å²) in [6, 6.07) is 3.74. The molecular weight excluding hydrogens is 207 g/mol. The van der Waals surface area contributed by atoms with E-state index in [0.717, 1.165) is 18.5 Å². The standard InChI is InChI=1S/C9H8Cl2N2/c10-7-5-8(11)9(13-6-7)3-1-2-4-12/h5-6H,1-3H2. The van der Waals surface area contributed by atoms with E-state index in [-0.39, 0.29) is 0 Å². The Labute approximate surface area is 87.1 Å². The Balaban J connectivity index is 2.62. The highest BCUT2D eigenvalue weighted by Gasteiger charge is 2.01. The van der Waals surface area contributed by atoms with Crippen molar-refractivity contribution in [3.8, 4) is 6.07 Å². The molecule has 1 aromatic heterocycles. The molecule has 0 aliphatic carbocycles. The molecule has 0 saturated heterocycles. The largest absolute Gasteiger partial charge is 0.258 e. The minimum Gasteiger partial charge on any atom is -0.258 e. The summed E-state index contributed by atoms with van der Waals surface area (Å²) in [4.78, 5) is 4.08. The third kappa shape index (κ3) is 3.22. The Bertz CT molecular complexity index is 331. The van der Waals surface area contributed by atoms with Crippen molar-refractivity contribution < 1.29 is 0 Å². The van der Waals surface area contributed by atoms with Gasteiger partial charge in [-0.15, -0.1) is 0 Å². The van der Waals surface area contributed by atoms with Crippen LogP contribution in [0.2, 0.25) is 10.0 Å². The molecule has 0 aromatic carbocycles. The number of nitriles is 1. The molecule has 4 heteroatoms. The fourth-order valence-corrected chi connectivity index (χ4v) is 1.44. The van der Waals surface area contributed by atoms with E-state index in [1.807, 2.05) is 0 Å². The average Bonchev–Trinajstić information content (AvgIpc) is 2.09. The molecule has 0 fully saturated rings. The monoisotopic (exact) mass is 214 g/mol. The summed E-state index contributed by atoms with van der Waals surface area (Å²) in [6.07, 6.45) is 3.60. The fraction of sp³-hybridized carbons (Fsp3) is 0.333. The Morgan fingerprint density at radius 2 is 2.23 bits per heavy atom. The number of hydrogen-bond acceptors (Lipinski definition) is 2. The van der Waals surface area contributed by atoms with Crippen LogP contribution in [0.5, 0.6) is 0 Å². The zero-order chi connectivity index (χ0) is 9.68. The van der Waals surface area contributed by atoms with E-state index in [4.69, 9.17) is 28.5 Å². The van der Waals surface area contributed by atoms with Gasteiger partial charge in [0.2, 0.25) is 0 Å². The molecule has 0 atom stereocenters. The zero-order valence-electron chi connectivity index (χ0n) is 6.93. The van der Waals surface area contributed by atoms with Crippen LogP contribution in [0, 0.1) is 11.3 Å². The van der Waals surface area contributed by atoms with E-state index in [0.29, 0.717) is 16.5 Å². The smallest absolute Gasteiger partial charge is 0.0636 e. The summed E-state index contributed by atoms with van der Waals surface area (Å²) in [7, 11) is 0. The number of pyridine rings is 1. The minimum atomic E-state index is 0.528. The van der Waals surface area contributed by atoms with Gasteiger partial charge in [-0.25, -0.2) is 0 Å². The summed E-state index contributed by atoms with van der Waals surface area (Å²) in [5.41, 5.74) is 0.807. The molecule has 1 rings (SSSR count). The highest BCUT2D eigenvalue weighted by atomic mass is 35.5. The van der Waals surface area contributed by atoms with E-state index in [2.05, 4.69) is 11.1 Å². The van der Waals surface area contributed by atoms with Gasteiger partial charge < -0.3 is 0 Å². The summed E-state index contributed by atoms with van der Waals surface area (Å²) in [6.45, 7) is 0. The molecule has 68 valence electrons. The lowest BCUT2D eigenvalue weighted by Gasteiger charge is -2.00. The Morgan fingerprint density at radius 1 is 1.46 bits per heavy atom. The lowest BCUT2D eigenvalue weighted by atomic mass is 10.2. The number of unbranched alkanes of at least 4 members (excludes halogenated alkanes) is 1. The SMILES string of the molecule is N#CCCCc1ncc(Cl)cc1Cl. The molecule has 0 unspecified atom stereocenters. The van der Waals surface area contributed by atoms with Crippen LogP contribution in [-0.4, -0.2) is 4.98 Å². The van der Waals surface area contributed by atoms with Crippen molar-refractivity contribution in [2.75, 3.05) is 0 Å². The highest BCUT2D eigenvalue weighted by molar-refractivity contribution is 6.34. The van der Waals surface area contributed by atoms with Crippen LogP contribution in [0.25, 0.3) is 0 Å². The number of aryl methyl sites for hydroxylation is 1. The first-order chi connectivity index (χ1) is 6.24.